The number of rotatable bonds is 4. The Balaban J connectivity index is 2.14. The normalized spacial score (nSPS) is 17.6. The molecular weight excluding hydrogens is 318 g/mol. The first kappa shape index (κ1) is 15.3. The average Bonchev–Trinajstić information content (AvgIpc) is 2.64. The number of nitrogens with one attached hydrogen (secondary N) is 2. The SMILES string of the molecule is CCNC(C)c1ccc(N2CCNC(=O)CC2)c(Br)c1. The van der Waals surface area contributed by atoms with E-state index in [-0.39, 0.29) is 5.91 Å². The van der Waals surface area contributed by atoms with Crippen LogP contribution in [0.15, 0.2) is 22.7 Å². The van der Waals surface area contributed by atoms with Crippen molar-refractivity contribution in [3.05, 3.63) is 28.2 Å². The van der Waals surface area contributed by atoms with Crippen molar-refractivity contribution in [1.29, 1.82) is 0 Å². The summed E-state index contributed by atoms with van der Waals surface area (Å²) in [5.74, 6) is 0.140. The average molecular weight is 340 g/mol. The van der Waals surface area contributed by atoms with Gasteiger partial charge in [0, 0.05) is 36.6 Å². The molecule has 1 fully saturated rings. The number of hydrogen-bond acceptors (Lipinski definition) is 3. The second kappa shape index (κ2) is 7.09. The molecule has 110 valence electrons. The highest BCUT2D eigenvalue weighted by Crippen LogP contribution is 2.29. The van der Waals surface area contributed by atoms with Gasteiger partial charge in [-0.3, -0.25) is 4.79 Å². The molecule has 1 saturated heterocycles. The standard InChI is InChI=1S/C15H22BrN3O/c1-3-17-11(2)12-4-5-14(13(16)10-12)19-8-6-15(20)18-7-9-19/h4-5,10-11,17H,3,6-9H2,1-2H3,(H,18,20). The van der Waals surface area contributed by atoms with Gasteiger partial charge in [-0.15, -0.1) is 0 Å². The summed E-state index contributed by atoms with van der Waals surface area (Å²) in [5.41, 5.74) is 2.43. The Kier molecular flexibility index (Phi) is 5.43. The van der Waals surface area contributed by atoms with Crippen molar-refractivity contribution in [2.75, 3.05) is 31.1 Å². The van der Waals surface area contributed by atoms with Crippen molar-refractivity contribution >= 4 is 27.5 Å². The van der Waals surface area contributed by atoms with Crippen molar-refractivity contribution < 1.29 is 4.79 Å². The van der Waals surface area contributed by atoms with E-state index in [1.807, 2.05) is 0 Å². The van der Waals surface area contributed by atoms with Crippen LogP contribution < -0.4 is 15.5 Å². The fourth-order valence-electron chi connectivity index (χ4n) is 2.48. The predicted molar refractivity (Wildman–Crippen MR) is 86.1 cm³/mol. The van der Waals surface area contributed by atoms with Crippen molar-refractivity contribution in [2.45, 2.75) is 26.3 Å². The maximum atomic E-state index is 11.4. The van der Waals surface area contributed by atoms with E-state index in [0.717, 1.165) is 29.8 Å². The quantitative estimate of drug-likeness (QED) is 0.885. The molecule has 0 aromatic heterocycles. The molecule has 1 amide bonds. The van der Waals surface area contributed by atoms with Crippen molar-refractivity contribution in [1.82, 2.24) is 10.6 Å². The first-order valence-corrected chi connectivity index (χ1v) is 7.95. The smallest absolute Gasteiger partial charge is 0.221 e. The Morgan fingerprint density at radius 2 is 2.25 bits per heavy atom. The molecule has 1 heterocycles. The Hall–Kier alpha value is -1.07. The third kappa shape index (κ3) is 3.73. The Labute approximate surface area is 129 Å². The lowest BCUT2D eigenvalue weighted by Crippen LogP contribution is -2.28. The molecule has 1 atom stereocenters. The van der Waals surface area contributed by atoms with Gasteiger partial charge in [0.15, 0.2) is 0 Å². The zero-order chi connectivity index (χ0) is 14.5. The van der Waals surface area contributed by atoms with Gasteiger partial charge in [0.2, 0.25) is 5.91 Å². The molecule has 0 aliphatic carbocycles. The largest absolute Gasteiger partial charge is 0.368 e. The van der Waals surface area contributed by atoms with E-state index in [1.165, 1.54) is 5.56 Å². The maximum Gasteiger partial charge on any atom is 0.221 e. The molecule has 2 N–H and O–H groups in total. The monoisotopic (exact) mass is 339 g/mol. The number of carbonyl (C=O) groups is 1. The first-order chi connectivity index (χ1) is 9.61. The van der Waals surface area contributed by atoms with Gasteiger partial charge >= 0.3 is 0 Å². The predicted octanol–water partition coefficient (Wildman–Crippen LogP) is 2.45. The molecule has 5 heteroatoms. The summed E-state index contributed by atoms with van der Waals surface area (Å²) in [6, 6.07) is 6.82. The van der Waals surface area contributed by atoms with E-state index in [2.05, 4.69) is 63.5 Å². The number of carbonyl (C=O) groups excluding carboxylic acids is 1. The molecule has 2 rings (SSSR count). The lowest BCUT2D eigenvalue weighted by atomic mass is 10.1. The van der Waals surface area contributed by atoms with Crippen LogP contribution in [0.4, 0.5) is 5.69 Å². The van der Waals surface area contributed by atoms with Gasteiger partial charge in [-0.25, -0.2) is 0 Å². The first-order valence-electron chi connectivity index (χ1n) is 7.16. The maximum absolute atomic E-state index is 11.4. The van der Waals surface area contributed by atoms with Crippen LogP contribution in [0.3, 0.4) is 0 Å². The Morgan fingerprint density at radius 1 is 1.45 bits per heavy atom. The van der Waals surface area contributed by atoms with Gasteiger partial charge in [-0.1, -0.05) is 13.0 Å². The van der Waals surface area contributed by atoms with E-state index < -0.39 is 0 Å². The summed E-state index contributed by atoms with van der Waals surface area (Å²) in [5, 5.41) is 6.32. The van der Waals surface area contributed by atoms with Gasteiger partial charge in [0.05, 0.1) is 5.69 Å². The minimum Gasteiger partial charge on any atom is -0.368 e. The molecule has 0 saturated carbocycles. The third-order valence-electron chi connectivity index (χ3n) is 3.64. The summed E-state index contributed by atoms with van der Waals surface area (Å²) in [7, 11) is 0. The molecule has 1 aromatic carbocycles. The molecule has 0 bridgehead atoms. The lowest BCUT2D eigenvalue weighted by Gasteiger charge is -2.24. The zero-order valence-corrected chi connectivity index (χ0v) is 13.7. The molecule has 1 unspecified atom stereocenters. The molecule has 1 aliphatic heterocycles. The van der Waals surface area contributed by atoms with Crippen LogP contribution in [0.25, 0.3) is 0 Å². The summed E-state index contributed by atoms with van der Waals surface area (Å²) >= 11 is 3.67. The van der Waals surface area contributed by atoms with Crippen LogP contribution in [0, 0.1) is 0 Å². The van der Waals surface area contributed by atoms with Crippen molar-refractivity contribution in [2.24, 2.45) is 0 Å². The molecule has 20 heavy (non-hydrogen) atoms. The van der Waals surface area contributed by atoms with E-state index in [1.54, 1.807) is 0 Å². The second-order valence-corrected chi connectivity index (χ2v) is 5.93. The van der Waals surface area contributed by atoms with Crippen LogP contribution in [-0.4, -0.2) is 32.1 Å². The zero-order valence-electron chi connectivity index (χ0n) is 12.1. The Bertz CT molecular complexity index is 478. The summed E-state index contributed by atoms with van der Waals surface area (Å²) < 4.78 is 1.09. The summed E-state index contributed by atoms with van der Waals surface area (Å²) in [6.07, 6.45) is 0.558. The Morgan fingerprint density at radius 3 is 2.95 bits per heavy atom. The van der Waals surface area contributed by atoms with Gasteiger partial charge in [-0.05, 0) is 47.1 Å². The molecule has 0 radical (unpaired) electrons. The highest BCUT2D eigenvalue weighted by atomic mass is 79.9. The van der Waals surface area contributed by atoms with E-state index in [0.29, 0.717) is 19.0 Å². The molecule has 1 aliphatic rings. The molecular formula is C15H22BrN3O. The van der Waals surface area contributed by atoms with Crippen LogP contribution in [0.2, 0.25) is 0 Å². The number of hydrogen-bond donors (Lipinski definition) is 2. The van der Waals surface area contributed by atoms with Gasteiger partial charge in [-0.2, -0.15) is 0 Å². The molecule has 0 spiro atoms. The van der Waals surface area contributed by atoms with Gasteiger partial charge in [0.25, 0.3) is 0 Å². The minimum absolute atomic E-state index is 0.140. The summed E-state index contributed by atoms with van der Waals surface area (Å²) in [6.45, 7) is 7.57. The van der Waals surface area contributed by atoms with Gasteiger partial charge < -0.3 is 15.5 Å². The molecule has 4 nitrogen and oxygen atoms in total. The van der Waals surface area contributed by atoms with Crippen LogP contribution >= 0.6 is 15.9 Å². The van der Waals surface area contributed by atoms with Crippen LogP contribution in [0.5, 0.6) is 0 Å². The fraction of sp³-hybridized carbons (Fsp3) is 0.533. The second-order valence-electron chi connectivity index (χ2n) is 5.08. The number of benzene rings is 1. The van der Waals surface area contributed by atoms with Crippen molar-refractivity contribution in [3.8, 4) is 0 Å². The molecule has 1 aromatic rings. The summed E-state index contributed by atoms with van der Waals surface area (Å²) in [4.78, 5) is 13.7. The van der Waals surface area contributed by atoms with Crippen LogP contribution in [0.1, 0.15) is 31.9 Å². The highest BCUT2D eigenvalue weighted by molar-refractivity contribution is 9.10. The fourth-order valence-corrected chi connectivity index (χ4v) is 3.13. The van der Waals surface area contributed by atoms with Crippen molar-refractivity contribution in [3.63, 3.8) is 0 Å². The van der Waals surface area contributed by atoms with E-state index in [9.17, 15) is 4.79 Å². The van der Waals surface area contributed by atoms with Crippen LogP contribution in [-0.2, 0) is 4.79 Å². The third-order valence-corrected chi connectivity index (χ3v) is 4.27. The highest BCUT2D eigenvalue weighted by Gasteiger charge is 2.16. The topological polar surface area (TPSA) is 44.4 Å². The minimum atomic E-state index is 0.140. The number of halogens is 1. The van der Waals surface area contributed by atoms with E-state index in [4.69, 9.17) is 0 Å². The number of amides is 1. The van der Waals surface area contributed by atoms with E-state index >= 15 is 0 Å². The number of anilines is 1. The van der Waals surface area contributed by atoms with Gasteiger partial charge in [0.1, 0.15) is 0 Å². The lowest BCUT2D eigenvalue weighted by molar-refractivity contribution is -0.120. The number of nitrogens with zero attached hydrogens (tertiary/aromatic N) is 1.